The number of para-hydroxylation sites is 1. The molecular weight excluding hydrogens is 588 g/mol. The number of nitriles is 1. The van der Waals surface area contributed by atoms with E-state index >= 15 is 0 Å². The number of carbonyl (C=O) groups excluding carboxylic acids is 3. The lowest BCUT2D eigenvalue weighted by Crippen LogP contribution is -2.50. The van der Waals surface area contributed by atoms with Crippen molar-refractivity contribution in [2.24, 2.45) is 5.92 Å². The van der Waals surface area contributed by atoms with E-state index in [1.165, 1.54) is 11.3 Å². The highest BCUT2D eigenvalue weighted by Gasteiger charge is 2.35. The van der Waals surface area contributed by atoms with E-state index in [1.807, 2.05) is 55.5 Å². The first-order valence-electron chi connectivity index (χ1n) is 15.0. The second-order valence-corrected chi connectivity index (χ2v) is 12.5. The minimum Gasteiger partial charge on any atom is -0.457 e. The van der Waals surface area contributed by atoms with Crippen molar-refractivity contribution in [3.05, 3.63) is 82.9 Å². The summed E-state index contributed by atoms with van der Waals surface area (Å²) in [7, 11) is 0. The molecule has 1 atom stereocenters. The number of hydrogen-bond donors (Lipinski definition) is 2. The Hall–Kier alpha value is -5.21. The van der Waals surface area contributed by atoms with E-state index in [4.69, 9.17) is 4.74 Å². The topological polar surface area (TPSA) is 128 Å². The molecule has 0 radical (unpaired) electrons. The molecule has 2 fully saturated rings. The monoisotopic (exact) mass is 618 g/mol. The van der Waals surface area contributed by atoms with E-state index in [9.17, 15) is 19.6 Å². The van der Waals surface area contributed by atoms with Gasteiger partial charge in [-0.05, 0) is 68.4 Å². The van der Waals surface area contributed by atoms with E-state index in [-0.39, 0.29) is 23.4 Å². The zero-order valence-electron chi connectivity index (χ0n) is 24.6. The minimum atomic E-state index is -0.400. The number of aryl methyl sites for hydroxylation is 1. The molecule has 4 aromatic rings. The number of allylic oxidation sites excluding steroid dienone is 1. The number of ether oxygens (including phenoxy) is 1. The van der Waals surface area contributed by atoms with Gasteiger partial charge in [0.25, 0.3) is 11.8 Å². The molecular formula is C34H30N6O4S. The van der Waals surface area contributed by atoms with Crippen LogP contribution in [0.3, 0.4) is 0 Å². The summed E-state index contributed by atoms with van der Waals surface area (Å²) in [6, 6.07) is 18.2. The van der Waals surface area contributed by atoms with Crippen LogP contribution in [0.5, 0.6) is 11.5 Å². The summed E-state index contributed by atoms with van der Waals surface area (Å²) < 4.78 is 6.05. The van der Waals surface area contributed by atoms with E-state index in [0.717, 1.165) is 18.4 Å². The summed E-state index contributed by atoms with van der Waals surface area (Å²) in [6.07, 6.45) is 6.84. The second kappa shape index (κ2) is 11.7. The number of anilines is 3. The van der Waals surface area contributed by atoms with Crippen LogP contribution in [0.4, 0.5) is 21.9 Å². The lowest BCUT2D eigenvalue weighted by atomic mass is 10.0. The molecule has 10 nitrogen and oxygen atoms in total. The Morgan fingerprint density at radius 2 is 1.93 bits per heavy atom. The summed E-state index contributed by atoms with van der Waals surface area (Å²) in [6.45, 7) is 2.78. The molecule has 0 spiro atoms. The van der Waals surface area contributed by atoms with Gasteiger partial charge in [-0.1, -0.05) is 30.3 Å². The van der Waals surface area contributed by atoms with Crippen LogP contribution in [0.1, 0.15) is 40.9 Å². The van der Waals surface area contributed by atoms with Gasteiger partial charge in [-0.15, -0.1) is 11.3 Å². The first kappa shape index (κ1) is 28.6. The molecule has 2 N–H and O–H groups in total. The van der Waals surface area contributed by atoms with Crippen molar-refractivity contribution in [1.29, 1.82) is 5.26 Å². The van der Waals surface area contributed by atoms with E-state index in [1.54, 1.807) is 28.1 Å². The summed E-state index contributed by atoms with van der Waals surface area (Å²) in [5.74, 6) is 0.962. The fourth-order valence-electron chi connectivity index (χ4n) is 5.86. The number of piperidine rings is 1. The van der Waals surface area contributed by atoms with Crippen LogP contribution in [0, 0.1) is 24.2 Å². The molecule has 3 aliphatic rings. The van der Waals surface area contributed by atoms with Crippen LogP contribution in [0.2, 0.25) is 0 Å². The smallest absolute Gasteiger partial charge is 0.331 e. The van der Waals surface area contributed by atoms with Gasteiger partial charge in [0.05, 0.1) is 22.4 Å². The Morgan fingerprint density at radius 1 is 1.11 bits per heavy atom. The number of urea groups is 1. The Bertz CT molecular complexity index is 1910. The summed E-state index contributed by atoms with van der Waals surface area (Å²) in [5.41, 5.74) is 2.74. The van der Waals surface area contributed by atoms with Crippen LogP contribution >= 0.6 is 11.3 Å². The molecule has 226 valence electrons. The number of benzene rings is 2. The van der Waals surface area contributed by atoms with Crippen molar-refractivity contribution in [3.8, 4) is 17.6 Å². The van der Waals surface area contributed by atoms with E-state index in [0.29, 0.717) is 75.5 Å². The predicted molar refractivity (Wildman–Crippen MR) is 172 cm³/mol. The van der Waals surface area contributed by atoms with Gasteiger partial charge in [0.1, 0.15) is 32.8 Å². The number of thiophene rings is 1. The molecule has 0 unspecified atom stereocenters. The normalized spacial score (nSPS) is 17.9. The number of rotatable bonds is 7. The molecule has 2 aliphatic heterocycles. The third-order valence-corrected chi connectivity index (χ3v) is 9.37. The van der Waals surface area contributed by atoms with Crippen LogP contribution in [0.15, 0.2) is 72.4 Å². The number of carbonyl (C=O) groups is 3. The molecule has 2 aromatic heterocycles. The lowest BCUT2D eigenvalue weighted by Gasteiger charge is -2.33. The zero-order valence-corrected chi connectivity index (χ0v) is 25.4. The molecule has 11 heteroatoms. The van der Waals surface area contributed by atoms with Crippen molar-refractivity contribution in [3.63, 3.8) is 0 Å². The van der Waals surface area contributed by atoms with Gasteiger partial charge in [-0.2, -0.15) is 5.26 Å². The fourth-order valence-corrected chi connectivity index (χ4v) is 6.88. The van der Waals surface area contributed by atoms with Gasteiger partial charge in [-0.3, -0.25) is 14.5 Å². The van der Waals surface area contributed by atoms with Gasteiger partial charge >= 0.3 is 6.03 Å². The van der Waals surface area contributed by atoms with Crippen LogP contribution in [0.25, 0.3) is 10.2 Å². The largest absolute Gasteiger partial charge is 0.457 e. The molecule has 1 saturated carbocycles. The van der Waals surface area contributed by atoms with Crippen LogP contribution < -0.4 is 20.3 Å². The number of amides is 4. The van der Waals surface area contributed by atoms with Gasteiger partial charge in [0.15, 0.2) is 0 Å². The van der Waals surface area contributed by atoms with Crippen molar-refractivity contribution in [2.45, 2.75) is 38.6 Å². The van der Waals surface area contributed by atoms with Crippen molar-refractivity contribution >= 4 is 56.5 Å². The summed E-state index contributed by atoms with van der Waals surface area (Å²) in [4.78, 5) is 49.2. The number of hydrogen-bond acceptors (Lipinski definition) is 7. The van der Waals surface area contributed by atoms with Crippen molar-refractivity contribution in [1.82, 2.24) is 15.2 Å². The predicted octanol–water partition coefficient (Wildman–Crippen LogP) is 6.66. The maximum absolute atomic E-state index is 13.7. The maximum Gasteiger partial charge on any atom is 0.331 e. The van der Waals surface area contributed by atoms with Gasteiger partial charge < -0.3 is 20.3 Å². The Kier molecular flexibility index (Phi) is 7.43. The standard InChI is InChI=1S/C34H30N6O4S/c1-20-9-12-25(44-24-7-3-2-4-8-24)17-27(20)40-26-13-14-36-32-28(26)29(38-34(40)43)30(45-32)31(41)37-23-6-5-15-39(19-23)33(42)22(18-35)16-21-10-11-21/h2-4,7-9,12-14,16-17,21,23H,5-6,10-11,15,19H2,1H3,(H,37,41)(H,38,43)/b22-16+/t23-/m0/s1. The van der Waals surface area contributed by atoms with Gasteiger partial charge in [0.2, 0.25) is 0 Å². The number of aromatic nitrogens is 1. The van der Waals surface area contributed by atoms with Crippen LogP contribution in [-0.2, 0) is 4.79 Å². The van der Waals surface area contributed by atoms with E-state index in [2.05, 4.69) is 21.7 Å². The van der Waals surface area contributed by atoms with Crippen LogP contribution in [-0.4, -0.2) is 46.9 Å². The second-order valence-electron chi connectivity index (χ2n) is 11.5. The average molecular weight is 619 g/mol. The molecule has 1 aliphatic carbocycles. The molecule has 0 bridgehead atoms. The maximum atomic E-state index is 13.7. The van der Waals surface area contributed by atoms with Crippen molar-refractivity contribution < 1.29 is 19.1 Å². The number of pyridine rings is 1. The lowest BCUT2D eigenvalue weighted by molar-refractivity contribution is -0.128. The number of nitrogens with one attached hydrogen (secondary N) is 2. The summed E-state index contributed by atoms with van der Waals surface area (Å²) >= 11 is 1.22. The highest BCUT2D eigenvalue weighted by molar-refractivity contribution is 7.21. The van der Waals surface area contributed by atoms with Crippen molar-refractivity contribution in [2.75, 3.05) is 23.3 Å². The molecule has 45 heavy (non-hydrogen) atoms. The Balaban J connectivity index is 1.15. The number of nitrogens with zero attached hydrogens (tertiary/aromatic N) is 4. The van der Waals surface area contributed by atoms with Gasteiger partial charge in [-0.25, -0.2) is 9.78 Å². The Morgan fingerprint density at radius 3 is 2.71 bits per heavy atom. The third kappa shape index (κ3) is 5.60. The summed E-state index contributed by atoms with van der Waals surface area (Å²) in [5, 5.41) is 16.3. The van der Waals surface area contributed by atoms with E-state index < -0.39 is 6.03 Å². The molecule has 4 heterocycles. The fraction of sp³-hybridized carbons (Fsp3) is 0.265. The average Bonchev–Trinajstić information content (AvgIpc) is 3.80. The molecule has 2 aromatic carbocycles. The highest BCUT2D eigenvalue weighted by atomic mass is 32.1. The Labute approximate surface area is 263 Å². The number of likely N-dealkylation sites (tertiary alicyclic amines) is 1. The third-order valence-electron chi connectivity index (χ3n) is 8.27. The first-order valence-corrected chi connectivity index (χ1v) is 15.8. The SMILES string of the molecule is Cc1ccc(Oc2ccccc2)cc1N1C(=O)Nc2c(C(=O)N[C@H]3CCCN(C(=O)/C(C#N)=C/C4CC4)C3)sc3nccc1c23. The molecule has 7 rings (SSSR count). The molecule has 1 saturated heterocycles. The molecule has 4 amide bonds. The minimum absolute atomic E-state index is 0.177. The highest BCUT2D eigenvalue weighted by Crippen LogP contribution is 2.47. The quantitative estimate of drug-likeness (QED) is 0.176. The zero-order chi connectivity index (χ0) is 31.1. The van der Waals surface area contributed by atoms with Gasteiger partial charge in [0, 0.05) is 31.4 Å². The first-order chi connectivity index (χ1) is 21.9.